The van der Waals surface area contributed by atoms with Gasteiger partial charge in [0.1, 0.15) is 0 Å². The van der Waals surface area contributed by atoms with Crippen LogP contribution in [0.4, 0.5) is 0 Å². The molecule has 1 saturated heterocycles. The van der Waals surface area contributed by atoms with Gasteiger partial charge in [-0.05, 0) is 5.56 Å². The summed E-state index contributed by atoms with van der Waals surface area (Å²) in [5.74, 6) is -0.0950. The van der Waals surface area contributed by atoms with E-state index in [2.05, 4.69) is 5.16 Å². The third kappa shape index (κ3) is 3.50. The topological polar surface area (TPSA) is 99.2 Å². The van der Waals surface area contributed by atoms with Crippen molar-refractivity contribution in [3.63, 3.8) is 0 Å². The Kier molecular flexibility index (Phi) is 4.42. The molecule has 1 aliphatic rings. The van der Waals surface area contributed by atoms with Crippen LogP contribution in [0.5, 0.6) is 0 Å². The number of nitrogens with zero attached hydrogens (tertiary/aromatic N) is 3. The lowest BCUT2D eigenvalue weighted by Crippen LogP contribution is -2.51. The largest absolute Gasteiger partial charge is 0.409 e. The van der Waals surface area contributed by atoms with Gasteiger partial charge in [-0.15, -0.1) is 0 Å². The second kappa shape index (κ2) is 6.25. The lowest BCUT2D eigenvalue weighted by molar-refractivity contribution is -0.143. The van der Waals surface area contributed by atoms with Gasteiger partial charge < -0.3 is 20.7 Å². The minimum atomic E-state index is -0.0759. The molecule has 7 heteroatoms. The summed E-state index contributed by atoms with van der Waals surface area (Å²) in [5.41, 5.74) is 6.88. The molecule has 1 heterocycles. The van der Waals surface area contributed by atoms with Crippen molar-refractivity contribution in [2.45, 2.75) is 6.42 Å². The van der Waals surface area contributed by atoms with Crippen molar-refractivity contribution in [1.29, 1.82) is 0 Å². The van der Waals surface area contributed by atoms with E-state index in [1.54, 1.807) is 41.1 Å². The molecule has 21 heavy (non-hydrogen) atoms. The van der Waals surface area contributed by atoms with Crippen LogP contribution < -0.4 is 5.73 Å². The number of likely N-dealkylation sites (N-methyl/N-ethyl adjacent to an activating group) is 1. The van der Waals surface area contributed by atoms with Crippen molar-refractivity contribution in [3.8, 4) is 0 Å². The smallest absolute Gasteiger partial charge is 0.241 e. The normalized spacial score (nSPS) is 16.2. The van der Waals surface area contributed by atoms with Gasteiger partial charge in [0, 0.05) is 25.7 Å². The van der Waals surface area contributed by atoms with Gasteiger partial charge in [-0.3, -0.25) is 9.59 Å². The molecule has 1 fully saturated rings. The zero-order valence-corrected chi connectivity index (χ0v) is 11.8. The average Bonchev–Trinajstić information content (AvgIpc) is 2.50. The Hall–Kier alpha value is -2.57. The van der Waals surface area contributed by atoms with Crippen molar-refractivity contribution in [2.24, 2.45) is 10.9 Å². The zero-order chi connectivity index (χ0) is 15.4. The standard InChI is InChI=1S/C14H18N4O3/c1-17-6-7-18(9-13(17)20)12(19)8-10-2-4-11(5-3-10)14(15)16-21/h2-5,21H,6-9H2,1H3,(H2,15,16). The van der Waals surface area contributed by atoms with E-state index in [1.807, 2.05) is 0 Å². The van der Waals surface area contributed by atoms with Crippen molar-refractivity contribution < 1.29 is 14.8 Å². The predicted molar refractivity (Wildman–Crippen MR) is 76.9 cm³/mol. The molecule has 1 aliphatic heterocycles. The highest BCUT2D eigenvalue weighted by molar-refractivity contribution is 5.97. The van der Waals surface area contributed by atoms with E-state index < -0.39 is 0 Å². The molecule has 0 saturated carbocycles. The summed E-state index contributed by atoms with van der Waals surface area (Å²) >= 11 is 0. The zero-order valence-electron chi connectivity index (χ0n) is 11.8. The predicted octanol–water partition coefficient (Wildman–Crippen LogP) is -0.376. The summed E-state index contributed by atoms with van der Waals surface area (Å²) in [6, 6.07) is 6.88. The third-order valence-electron chi connectivity index (χ3n) is 3.52. The summed E-state index contributed by atoms with van der Waals surface area (Å²) in [6.45, 7) is 1.26. The molecular formula is C14H18N4O3. The second-order valence-corrected chi connectivity index (χ2v) is 4.99. The molecule has 2 amide bonds. The van der Waals surface area contributed by atoms with Crippen molar-refractivity contribution >= 4 is 17.6 Å². The summed E-state index contributed by atoms with van der Waals surface area (Å²) < 4.78 is 0. The lowest BCUT2D eigenvalue weighted by atomic mass is 10.1. The molecule has 2 rings (SSSR count). The van der Waals surface area contributed by atoms with E-state index in [9.17, 15) is 9.59 Å². The summed E-state index contributed by atoms with van der Waals surface area (Å²) in [5, 5.41) is 11.5. The van der Waals surface area contributed by atoms with Crippen molar-refractivity contribution in [2.75, 3.05) is 26.7 Å². The Morgan fingerprint density at radius 1 is 1.33 bits per heavy atom. The first-order chi connectivity index (χ1) is 10.0. The molecule has 0 spiro atoms. The van der Waals surface area contributed by atoms with Gasteiger partial charge >= 0.3 is 0 Å². The quantitative estimate of drug-likeness (QED) is 0.343. The molecule has 112 valence electrons. The number of hydrogen-bond donors (Lipinski definition) is 2. The van der Waals surface area contributed by atoms with Crippen molar-refractivity contribution in [1.82, 2.24) is 9.80 Å². The third-order valence-corrected chi connectivity index (χ3v) is 3.52. The first-order valence-corrected chi connectivity index (χ1v) is 6.60. The Balaban J connectivity index is 1.98. The molecular weight excluding hydrogens is 272 g/mol. The van der Waals surface area contributed by atoms with E-state index >= 15 is 0 Å². The van der Waals surface area contributed by atoms with Gasteiger partial charge in [0.2, 0.25) is 11.8 Å². The monoisotopic (exact) mass is 290 g/mol. The highest BCUT2D eigenvalue weighted by Gasteiger charge is 2.24. The van der Waals surface area contributed by atoms with E-state index in [0.717, 1.165) is 5.56 Å². The van der Waals surface area contributed by atoms with Crippen LogP contribution in [0.3, 0.4) is 0 Å². The number of carbonyl (C=O) groups excluding carboxylic acids is 2. The minimum Gasteiger partial charge on any atom is -0.409 e. The highest BCUT2D eigenvalue weighted by atomic mass is 16.4. The Morgan fingerprint density at radius 2 is 2.00 bits per heavy atom. The van der Waals surface area contributed by atoms with Gasteiger partial charge in [0.05, 0.1) is 13.0 Å². The molecule has 0 atom stereocenters. The fraction of sp³-hybridized carbons (Fsp3) is 0.357. The molecule has 1 aromatic carbocycles. The Morgan fingerprint density at radius 3 is 2.57 bits per heavy atom. The number of oxime groups is 1. The molecule has 0 radical (unpaired) electrons. The molecule has 0 aliphatic carbocycles. The number of rotatable bonds is 3. The first-order valence-electron chi connectivity index (χ1n) is 6.60. The average molecular weight is 290 g/mol. The van der Waals surface area contributed by atoms with Crippen molar-refractivity contribution in [3.05, 3.63) is 35.4 Å². The highest BCUT2D eigenvalue weighted by Crippen LogP contribution is 2.09. The number of hydrogen-bond acceptors (Lipinski definition) is 4. The maximum Gasteiger partial charge on any atom is 0.241 e. The molecule has 1 aromatic rings. The van der Waals surface area contributed by atoms with E-state index in [1.165, 1.54) is 0 Å². The molecule has 0 bridgehead atoms. The number of piperazine rings is 1. The summed E-state index contributed by atoms with van der Waals surface area (Å²) in [4.78, 5) is 26.9. The van der Waals surface area contributed by atoms with Crippen LogP contribution in [-0.4, -0.2) is 59.3 Å². The maximum atomic E-state index is 12.2. The van der Waals surface area contributed by atoms with Gasteiger partial charge in [-0.2, -0.15) is 0 Å². The van der Waals surface area contributed by atoms with Gasteiger partial charge in [0.25, 0.3) is 0 Å². The first kappa shape index (κ1) is 14.8. The van der Waals surface area contributed by atoms with Gasteiger partial charge in [0.15, 0.2) is 5.84 Å². The minimum absolute atomic E-state index is 0.0255. The van der Waals surface area contributed by atoms with E-state index in [-0.39, 0.29) is 30.6 Å². The van der Waals surface area contributed by atoms with Crippen LogP contribution >= 0.6 is 0 Å². The van der Waals surface area contributed by atoms with Crippen LogP contribution in [0, 0.1) is 0 Å². The number of benzene rings is 1. The Bertz CT molecular complexity index is 568. The Labute approximate surface area is 122 Å². The van der Waals surface area contributed by atoms with Crippen LogP contribution in [0.15, 0.2) is 29.4 Å². The number of nitrogens with two attached hydrogens (primary N) is 1. The lowest BCUT2D eigenvalue weighted by Gasteiger charge is -2.32. The number of amides is 2. The van der Waals surface area contributed by atoms with E-state index in [0.29, 0.717) is 18.7 Å². The fourth-order valence-electron chi connectivity index (χ4n) is 2.11. The fourth-order valence-corrected chi connectivity index (χ4v) is 2.11. The molecule has 0 aromatic heterocycles. The molecule has 3 N–H and O–H groups in total. The summed E-state index contributed by atoms with van der Waals surface area (Å²) in [7, 11) is 1.73. The SMILES string of the molecule is CN1CCN(C(=O)Cc2ccc(C(N)=NO)cc2)CC1=O. The number of carbonyl (C=O) groups is 2. The van der Waals surface area contributed by atoms with Gasteiger partial charge in [-0.1, -0.05) is 29.4 Å². The van der Waals surface area contributed by atoms with E-state index in [4.69, 9.17) is 10.9 Å². The number of amidine groups is 1. The molecule has 0 unspecified atom stereocenters. The second-order valence-electron chi connectivity index (χ2n) is 4.99. The maximum absolute atomic E-state index is 12.2. The van der Waals surface area contributed by atoms with Crippen LogP contribution in [-0.2, 0) is 16.0 Å². The van der Waals surface area contributed by atoms with Crippen LogP contribution in [0.2, 0.25) is 0 Å². The van der Waals surface area contributed by atoms with Gasteiger partial charge in [-0.25, -0.2) is 0 Å². The van der Waals surface area contributed by atoms with Crippen LogP contribution in [0.25, 0.3) is 0 Å². The summed E-state index contributed by atoms with van der Waals surface area (Å²) in [6.07, 6.45) is 0.230. The van der Waals surface area contributed by atoms with Crippen LogP contribution in [0.1, 0.15) is 11.1 Å². The molecule has 7 nitrogen and oxygen atoms in total.